The molecule has 5 heteroatoms. The van der Waals surface area contributed by atoms with E-state index < -0.39 is 11.9 Å². The molecular formula is C16H16ClFO3. The monoisotopic (exact) mass is 310 g/mol. The standard InChI is InChI=1S/C16H16ClFO3/c1-10(19)13-7-6-12(20-2)8-15(13)21-9-11-4-3-5-14(18)16(11)17/h3-8,10,19H,9H2,1-2H3/t10-/m0/s1. The SMILES string of the molecule is COc1ccc([C@H](C)O)c(OCc2cccc(F)c2Cl)c1. The molecule has 2 aromatic carbocycles. The van der Waals surface area contributed by atoms with Crippen molar-refractivity contribution in [1.82, 2.24) is 0 Å². The molecule has 0 heterocycles. The molecule has 112 valence electrons. The molecule has 2 aromatic rings. The van der Waals surface area contributed by atoms with Crippen molar-refractivity contribution in [2.45, 2.75) is 19.6 Å². The van der Waals surface area contributed by atoms with Gasteiger partial charge in [0.2, 0.25) is 0 Å². The Labute approximate surface area is 127 Å². The summed E-state index contributed by atoms with van der Waals surface area (Å²) in [6.45, 7) is 1.74. The van der Waals surface area contributed by atoms with E-state index in [0.717, 1.165) is 0 Å². The van der Waals surface area contributed by atoms with Crippen LogP contribution in [0.5, 0.6) is 11.5 Å². The molecule has 0 fully saturated rings. The second-order valence-electron chi connectivity index (χ2n) is 4.58. The lowest BCUT2D eigenvalue weighted by atomic mass is 10.1. The highest BCUT2D eigenvalue weighted by atomic mass is 35.5. The second kappa shape index (κ2) is 6.78. The van der Waals surface area contributed by atoms with Crippen molar-refractivity contribution < 1.29 is 19.0 Å². The first-order valence-corrected chi connectivity index (χ1v) is 6.82. The lowest BCUT2D eigenvalue weighted by Crippen LogP contribution is -2.02. The maximum absolute atomic E-state index is 13.4. The normalized spacial score (nSPS) is 12.0. The Kier molecular flexibility index (Phi) is 5.04. The van der Waals surface area contributed by atoms with Crippen molar-refractivity contribution in [3.63, 3.8) is 0 Å². The Bertz CT molecular complexity index is 629. The van der Waals surface area contributed by atoms with Crippen LogP contribution in [0.25, 0.3) is 0 Å². The van der Waals surface area contributed by atoms with Gasteiger partial charge in [0.1, 0.15) is 23.9 Å². The molecule has 0 spiro atoms. The smallest absolute Gasteiger partial charge is 0.142 e. The molecule has 0 amide bonds. The minimum Gasteiger partial charge on any atom is -0.497 e. The van der Waals surface area contributed by atoms with Gasteiger partial charge in [0, 0.05) is 17.2 Å². The maximum atomic E-state index is 13.4. The largest absolute Gasteiger partial charge is 0.497 e. The van der Waals surface area contributed by atoms with Gasteiger partial charge in [-0.15, -0.1) is 0 Å². The number of halogens is 2. The Morgan fingerprint density at radius 1 is 1.29 bits per heavy atom. The zero-order valence-corrected chi connectivity index (χ0v) is 12.5. The molecule has 0 bridgehead atoms. The third-order valence-electron chi connectivity index (χ3n) is 3.09. The fourth-order valence-electron chi connectivity index (χ4n) is 1.93. The van der Waals surface area contributed by atoms with Crippen LogP contribution in [0.2, 0.25) is 5.02 Å². The van der Waals surface area contributed by atoms with Crippen LogP contribution in [0.15, 0.2) is 36.4 Å². The molecule has 0 saturated heterocycles. The van der Waals surface area contributed by atoms with E-state index in [9.17, 15) is 9.50 Å². The molecule has 0 aliphatic rings. The average molecular weight is 311 g/mol. The molecule has 0 aliphatic heterocycles. The van der Waals surface area contributed by atoms with Gasteiger partial charge in [-0.2, -0.15) is 0 Å². The average Bonchev–Trinajstić information content (AvgIpc) is 2.48. The second-order valence-corrected chi connectivity index (χ2v) is 4.96. The minimum atomic E-state index is -0.686. The lowest BCUT2D eigenvalue weighted by molar-refractivity contribution is 0.190. The third kappa shape index (κ3) is 3.65. The van der Waals surface area contributed by atoms with E-state index in [-0.39, 0.29) is 11.6 Å². The molecule has 0 unspecified atom stereocenters. The molecular weight excluding hydrogens is 295 g/mol. The predicted molar refractivity (Wildman–Crippen MR) is 79.4 cm³/mol. The van der Waals surface area contributed by atoms with E-state index in [4.69, 9.17) is 21.1 Å². The Morgan fingerprint density at radius 2 is 2.05 bits per heavy atom. The van der Waals surface area contributed by atoms with E-state index in [1.807, 2.05) is 0 Å². The molecule has 21 heavy (non-hydrogen) atoms. The molecule has 1 atom stereocenters. The Morgan fingerprint density at radius 3 is 2.71 bits per heavy atom. The van der Waals surface area contributed by atoms with Crippen LogP contribution in [-0.2, 0) is 6.61 Å². The summed E-state index contributed by atoms with van der Waals surface area (Å²) in [5, 5.41) is 9.80. The topological polar surface area (TPSA) is 38.7 Å². The highest BCUT2D eigenvalue weighted by Gasteiger charge is 2.12. The Balaban J connectivity index is 2.24. The van der Waals surface area contributed by atoms with E-state index >= 15 is 0 Å². The number of aliphatic hydroxyl groups is 1. The Hall–Kier alpha value is -1.78. The summed E-state index contributed by atoms with van der Waals surface area (Å²) >= 11 is 5.89. The quantitative estimate of drug-likeness (QED) is 0.903. The third-order valence-corrected chi connectivity index (χ3v) is 3.51. The summed E-state index contributed by atoms with van der Waals surface area (Å²) in [5.41, 5.74) is 1.17. The van der Waals surface area contributed by atoms with E-state index in [0.29, 0.717) is 22.6 Å². The fraction of sp³-hybridized carbons (Fsp3) is 0.250. The molecule has 0 aromatic heterocycles. The van der Waals surface area contributed by atoms with Crippen molar-refractivity contribution >= 4 is 11.6 Å². The molecule has 3 nitrogen and oxygen atoms in total. The molecule has 0 radical (unpaired) electrons. The van der Waals surface area contributed by atoms with Crippen molar-refractivity contribution in [3.05, 3.63) is 58.4 Å². The van der Waals surface area contributed by atoms with Crippen LogP contribution in [0.4, 0.5) is 4.39 Å². The van der Waals surface area contributed by atoms with Crippen molar-refractivity contribution in [1.29, 1.82) is 0 Å². The van der Waals surface area contributed by atoms with Crippen LogP contribution in [0.1, 0.15) is 24.2 Å². The number of methoxy groups -OCH3 is 1. The summed E-state index contributed by atoms with van der Waals surface area (Å²) in [6.07, 6.45) is -0.686. The molecule has 0 saturated carbocycles. The van der Waals surface area contributed by atoms with Crippen LogP contribution in [-0.4, -0.2) is 12.2 Å². The highest BCUT2D eigenvalue weighted by molar-refractivity contribution is 6.31. The number of rotatable bonds is 5. The van der Waals surface area contributed by atoms with Gasteiger partial charge in [0.25, 0.3) is 0 Å². The van der Waals surface area contributed by atoms with Crippen LogP contribution in [0.3, 0.4) is 0 Å². The first-order chi connectivity index (χ1) is 10.0. The zero-order valence-electron chi connectivity index (χ0n) is 11.8. The zero-order chi connectivity index (χ0) is 15.4. The van der Waals surface area contributed by atoms with Gasteiger partial charge in [-0.3, -0.25) is 0 Å². The van der Waals surface area contributed by atoms with Crippen molar-refractivity contribution in [2.75, 3.05) is 7.11 Å². The molecule has 1 N–H and O–H groups in total. The summed E-state index contributed by atoms with van der Waals surface area (Å²) in [7, 11) is 1.55. The number of benzene rings is 2. The first kappa shape index (κ1) is 15.6. The van der Waals surface area contributed by atoms with E-state index in [1.165, 1.54) is 6.07 Å². The number of hydrogen-bond donors (Lipinski definition) is 1. The maximum Gasteiger partial charge on any atom is 0.142 e. The predicted octanol–water partition coefficient (Wildman–Crippen LogP) is 4.12. The van der Waals surface area contributed by atoms with Crippen LogP contribution in [0, 0.1) is 5.82 Å². The highest BCUT2D eigenvalue weighted by Crippen LogP contribution is 2.31. The van der Waals surface area contributed by atoms with Crippen molar-refractivity contribution in [3.8, 4) is 11.5 Å². The van der Waals surface area contributed by atoms with Gasteiger partial charge in [-0.25, -0.2) is 4.39 Å². The van der Waals surface area contributed by atoms with Crippen LogP contribution >= 0.6 is 11.6 Å². The lowest BCUT2D eigenvalue weighted by Gasteiger charge is -2.15. The van der Waals surface area contributed by atoms with Gasteiger partial charge in [0.15, 0.2) is 0 Å². The summed E-state index contributed by atoms with van der Waals surface area (Å²) in [4.78, 5) is 0. The first-order valence-electron chi connectivity index (χ1n) is 6.44. The van der Waals surface area contributed by atoms with Gasteiger partial charge in [0.05, 0.1) is 18.2 Å². The van der Waals surface area contributed by atoms with Gasteiger partial charge in [-0.1, -0.05) is 23.7 Å². The number of hydrogen-bond acceptors (Lipinski definition) is 3. The van der Waals surface area contributed by atoms with Gasteiger partial charge < -0.3 is 14.6 Å². The van der Waals surface area contributed by atoms with Crippen LogP contribution < -0.4 is 9.47 Å². The van der Waals surface area contributed by atoms with E-state index in [1.54, 1.807) is 44.4 Å². The fourth-order valence-corrected chi connectivity index (χ4v) is 2.11. The molecule has 2 rings (SSSR count). The number of aliphatic hydroxyl groups excluding tert-OH is 1. The summed E-state index contributed by atoms with van der Waals surface area (Å²) in [5.74, 6) is 0.601. The summed E-state index contributed by atoms with van der Waals surface area (Å²) in [6, 6.07) is 9.69. The van der Waals surface area contributed by atoms with Gasteiger partial charge >= 0.3 is 0 Å². The summed E-state index contributed by atoms with van der Waals surface area (Å²) < 4.78 is 24.2. The number of ether oxygens (including phenoxy) is 2. The van der Waals surface area contributed by atoms with E-state index in [2.05, 4.69) is 0 Å². The van der Waals surface area contributed by atoms with Crippen molar-refractivity contribution in [2.24, 2.45) is 0 Å². The molecule has 0 aliphatic carbocycles. The van der Waals surface area contributed by atoms with Gasteiger partial charge in [-0.05, 0) is 25.1 Å². The minimum absolute atomic E-state index is 0.0407.